The molecule has 0 aliphatic carbocycles. The number of carbonyl (C=O) groups is 1. The van der Waals surface area contributed by atoms with Crippen molar-refractivity contribution in [1.82, 2.24) is 10.2 Å². The number of nitrogens with one attached hydrogen (secondary N) is 1. The molecular weight excluding hydrogens is 232 g/mol. The quantitative estimate of drug-likeness (QED) is 0.802. The predicted molar refractivity (Wildman–Crippen MR) is 71.7 cm³/mol. The number of amides is 1. The Morgan fingerprint density at radius 1 is 1.47 bits per heavy atom. The number of benzene rings is 1. The molecule has 1 aliphatic heterocycles. The van der Waals surface area contributed by atoms with E-state index in [4.69, 9.17) is 0 Å². The van der Waals surface area contributed by atoms with E-state index in [0.29, 0.717) is 11.6 Å². The van der Waals surface area contributed by atoms with Crippen LogP contribution in [0.5, 0.6) is 0 Å². The lowest BCUT2D eigenvalue weighted by Crippen LogP contribution is -2.38. The molecule has 0 aromatic heterocycles. The number of likely N-dealkylation sites (tertiary alicyclic amines) is 1. The van der Waals surface area contributed by atoms with Gasteiger partial charge >= 0.3 is 0 Å². The molecule has 1 unspecified atom stereocenters. The van der Waals surface area contributed by atoms with Crippen LogP contribution in [0.2, 0.25) is 0 Å². The van der Waals surface area contributed by atoms with E-state index >= 15 is 0 Å². The van der Waals surface area contributed by atoms with Gasteiger partial charge in [-0.15, -0.1) is 12.6 Å². The Labute approximate surface area is 108 Å². The fourth-order valence-electron chi connectivity index (χ4n) is 2.16. The second kappa shape index (κ2) is 5.56. The SMILES string of the molecule is CN1CCCC1CNC(=O)c1ccc(S)cc1. The Morgan fingerprint density at radius 3 is 2.76 bits per heavy atom. The lowest BCUT2D eigenvalue weighted by Gasteiger charge is -2.19. The van der Waals surface area contributed by atoms with Gasteiger partial charge in [0.2, 0.25) is 0 Å². The monoisotopic (exact) mass is 250 g/mol. The van der Waals surface area contributed by atoms with E-state index in [2.05, 4.69) is 29.9 Å². The third-order valence-electron chi connectivity index (χ3n) is 3.30. The van der Waals surface area contributed by atoms with Gasteiger partial charge in [0, 0.05) is 23.0 Å². The van der Waals surface area contributed by atoms with Gasteiger partial charge < -0.3 is 10.2 Å². The van der Waals surface area contributed by atoms with Crippen molar-refractivity contribution in [2.24, 2.45) is 0 Å². The molecule has 1 fully saturated rings. The standard InChI is InChI=1S/C13H18N2OS/c1-15-8-2-3-11(15)9-14-13(16)10-4-6-12(17)7-5-10/h4-7,11,17H,2-3,8-9H2,1H3,(H,14,16). The molecule has 0 bridgehead atoms. The topological polar surface area (TPSA) is 32.3 Å². The summed E-state index contributed by atoms with van der Waals surface area (Å²) in [6.45, 7) is 1.87. The highest BCUT2D eigenvalue weighted by molar-refractivity contribution is 7.80. The van der Waals surface area contributed by atoms with Crippen LogP contribution in [-0.4, -0.2) is 37.0 Å². The minimum Gasteiger partial charge on any atom is -0.350 e. The molecule has 2 rings (SSSR count). The molecule has 1 saturated heterocycles. The van der Waals surface area contributed by atoms with Crippen LogP contribution in [0.25, 0.3) is 0 Å². The summed E-state index contributed by atoms with van der Waals surface area (Å²) in [5, 5.41) is 2.99. The summed E-state index contributed by atoms with van der Waals surface area (Å²) in [5.74, 6) is -0.00127. The Morgan fingerprint density at radius 2 is 2.18 bits per heavy atom. The van der Waals surface area contributed by atoms with Crippen molar-refractivity contribution in [3.8, 4) is 0 Å². The molecule has 1 heterocycles. The van der Waals surface area contributed by atoms with Gasteiger partial charge in [0.1, 0.15) is 0 Å². The third-order valence-corrected chi connectivity index (χ3v) is 3.60. The smallest absolute Gasteiger partial charge is 0.251 e. The van der Waals surface area contributed by atoms with Gasteiger partial charge in [-0.1, -0.05) is 0 Å². The average Bonchev–Trinajstić information content (AvgIpc) is 2.73. The molecule has 3 nitrogen and oxygen atoms in total. The maximum atomic E-state index is 11.9. The number of carbonyl (C=O) groups excluding carboxylic acids is 1. The zero-order chi connectivity index (χ0) is 12.3. The van der Waals surface area contributed by atoms with Gasteiger partial charge in [-0.2, -0.15) is 0 Å². The highest BCUT2D eigenvalue weighted by Crippen LogP contribution is 2.14. The largest absolute Gasteiger partial charge is 0.350 e. The minimum absolute atomic E-state index is 0.00127. The number of thiol groups is 1. The van der Waals surface area contributed by atoms with Gasteiger partial charge in [-0.25, -0.2) is 0 Å². The van der Waals surface area contributed by atoms with Crippen molar-refractivity contribution in [3.63, 3.8) is 0 Å². The van der Waals surface area contributed by atoms with E-state index in [1.165, 1.54) is 12.8 Å². The first kappa shape index (κ1) is 12.5. The molecule has 17 heavy (non-hydrogen) atoms. The number of hydrogen-bond donors (Lipinski definition) is 2. The van der Waals surface area contributed by atoms with Crippen LogP contribution in [0, 0.1) is 0 Å². The molecule has 1 aromatic rings. The second-order valence-corrected chi connectivity index (χ2v) is 5.05. The Hall–Kier alpha value is -1.00. The van der Waals surface area contributed by atoms with Gasteiger partial charge in [-0.05, 0) is 50.7 Å². The van der Waals surface area contributed by atoms with Crippen molar-refractivity contribution in [2.75, 3.05) is 20.1 Å². The molecule has 1 aliphatic rings. The second-order valence-electron chi connectivity index (χ2n) is 4.53. The van der Waals surface area contributed by atoms with Crippen molar-refractivity contribution in [2.45, 2.75) is 23.8 Å². The zero-order valence-corrected chi connectivity index (χ0v) is 10.9. The first-order valence-electron chi connectivity index (χ1n) is 5.94. The third kappa shape index (κ3) is 3.23. The number of likely N-dealkylation sites (N-methyl/N-ethyl adjacent to an activating group) is 1. The van der Waals surface area contributed by atoms with E-state index in [1.807, 2.05) is 12.1 Å². The number of hydrogen-bond acceptors (Lipinski definition) is 3. The average molecular weight is 250 g/mol. The molecule has 1 atom stereocenters. The molecule has 4 heteroatoms. The van der Waals surface area contributed by atoms with Crippen molar-refractivity contribution in [1.29, 1.82) is 0 Å². The molecular formula is C13H18N2OS. The molecule has 1 N–H and O–H groups in total. The van der Waals surface area contributed by atoms with E-state index in [-0.39, 0.29) is 5.91 Å². The molecule has 1 amide bonds. The Bertz CT molecular complexity index is 391. The van der Waals surface area contributed by atoms with Gasteiger partial charge in [0.25, 0.3) is 5.91 Å². The normalized spacial score (nSPS) is 20.5. The van der Waals surface area contributed by atoms with Crippen LogP contribution in [0.1, 0.15) is 23.2 Å². The predicted octanol–water partition coefficient (Wildman–Crippen LogP) is 1.80. The first-order chi connectivity index (χ1) is 8.16. The van der Waals surface area contributed by atoms with E-state index < -0.39 is 0 Å². The van der Waals surface area contributed by atoms with Gasteiger partial charge in [-0.3, -0.25) is 4.79 Å². The molecule has 0 saturated carbocycles. The lowest BCUT2D eigenvalue weighted by atomic mass is 10.2. The highest BCUT2D eigenvalue weighted by atomic mass is 32.1. The Kier molecular flexibility index (Phi) is 4.07. The molecule has 0 radical (unpaired) electrons. The van der Waals surface area contributed by atoms with E-state index in [9.17, 15) is 4.79 Å². The summed E-state index contributed by atoms with van der Waals surface area (Å²) in [6.07, 6.45) is 2.40. The minimum atomic E-state index is -0.00127. The summed E-state index contributed by atoms with van der Waals surface area (Å²) >= 11 is 4.20. The van der Waals surface area contributed by atoms with Crippen LogP contribution in [0.15, 0.2) is 29.2 Å². The van der Waals surface area contributed by atoms with Crippen LogP contribution >= 0.6 is 12.6 Å². The highest BCUT2D eigenvalue weighted by Gasteiger charge is 2.21. The van der Waals surface area contributed by atoms with Crippen molar-refractivity contribution >= 4 is 18.5 Å². The van der Waals surface area contributed by atoms with Crippen molar-refractivity contribution < 1.29 is 4.79 Å². The summed E-state index contributed by atoms with van der Waals surface area (Å²) in [7, 11) is 2.11. The van der Waals surface area contributed by atoms with E-state index in [1.54, 1.807) is 12.1 Å². The molecule has 92 valence electrons. The number of nitrogens with zero attached hydrogens (tertiary/aromatic N) is 1. The zero-order valence-electron chi connectivity index (χ0n) is 10.0. The fourth-order valence-corrected chi connectivity index (χ4v) is 2.31. The summed E-state index contributed by atoms with van der Waals surface area (Å²) in [4.78, 5) is 15.0. The van der Waals surface area contributed by atoms with E-state index in [0.717, 1.165) is 18.0 Å². The summed E-state index contributed by atoms with van der Waals surface area (Å²) < 4.78 is 0. The maximum absolute atomic E-state index is 11.9. The summed E-state index contributed by atoms with van der Waals surface area (Å²) in [6, 6.07) is 7.76. The Balaban J connectivity index is 1.87. The maximum Gasteiger partial charge on any atom is 0.251 e. The number of rotatable bonds is 3. The fraction of sp³-hybridized carbons (Fsp3) is 0.462. The van der Waals surface area contributed by atoms with Crippen LogP contribution in [0.4, 0.5) is 0 Å². The lowest BCUT2D eigenvalue weighted by molar-refractivity contribution is 0.0943. The van der Waals surface area contributed by atoms with Gasteiger partial charge in [0.05, 0.1) is 0 Å². The van der Waals surface area contributed by atoms with Crippen LogP contribution in [0.3, 0.4) is 0 Å². The van der Waals surface area contributed by atoms with Crippen molar-refractivity contribution in [3.05, 3.63) is 29.8 Å². The summed E-state index contributed by atoms with van der Waals surface area (Å²) in [5.41, 5.74) is 0.698. The van der Waals surface area contributed by atoms with Crippen LogP contribution < -0.4 is 5.32 Å². The first-order valence-corrected chi connectivity index (χ1v) is 6.39. The molecule has 1 aromatic carbocycles. The molecule has 0 spiro atoms. The van der Waals surface area contributed by atoms with Crippen LogP contribution in [-0.2, 0) is 0 Å². The van der Waals surface area contributed by atoms with Gasteiger partial charge in [0.15, 0.2) is 0 Å².